The average molecular weight is 453 g/mol. The summed E-state index contributed by atoms with van der Waals surface area (Å²) in [5.74, 6) is -1.77. The van der Waals surface area contributed by atoms with E-state index in [1.54, 1.807) is 0 Å². The zero-order valence-electron chi connectivity index (χ0n) is 18.8. The molecule has 5 N–H and O–H groups in total. The molecule has 2 unspecified atom stereocenters. The van der Waals surface area contributed by atoms with Crippen molar-refractivity contribution in [2.45, 2.75) is 127 Å². The largest absolute Gasteiger partial charge is 0.480 e. The predicted molar refractivity (Wildman–Crippen MR) is 120 cm³/mol. The smallest absolute Gasteiger partial charge is 0.345 e. The van der Waals surface area contributed by atoms with Gasteiger partial charge in [-0.1, -0.05) is 110 Å². The molecule has 8 heteroatoms. The van der Waals surface area contributed by atoms with Crippen LogP contribution < -0.4 is 0 Å². The van der Waals surface area contributed by atoms with Gasteiger partial charge in [0, 0.05) is 0 Å². The molecule has 0 fully saturated rings. The summed E-state index contributed by atoms with van der Waals surface area (Å²) in [5, 5.41) is 25.5. The van der Waals surface area contributed by atoms with E-state index >= 15 is 0 Å². The Morgan fingerprint density at radius 2 is 1.10 bits per heavy atom. The van der Waals surface area contributed by atoms with Crippen LogP contribution in [-0.2, 0) is 9.36 Å². The maximum Gasteiger partial charge on any atom is 0.345 e. The summed E-state index contributed by atoms with van der Waals surface area (Å²) in [7, 11) is -5.13. The highest BCUT2D eigenvalue weighted by atomic mass is 31.2. The molecule has 0 aromatic heterocycles. The summed E-state index contributed by atoms with van der Waals surface area (Å²) < 4.78 is 11.7. The van der Waals surface area contributed by atoms with E-state index in [0.29, 0.717) is 6.42 Å². The van der Waals surface area contributed by atoms with E-state index < -0.39 is 31.4 Å². The maximum atomic E-state index is 11.7. The zero-order chi connectivity index (χ0) is 22.9. The van der Waals surface area contributed by atoms with Gasteiger partial charge in [-0.05, 0) is 6.42 Å². The van der Waals surface area contributed by atoms with Crippen molar-refractivity contribution in [3.05, 3.63) is 0 Å². The van der Waals surface area contributed by atoms with Gasteiger partial charge >= 0.3 is 13.6 Å². The molecule has 0 aromatic carbocycles. The van der Waals surface area contributed by atoms with Crippen LogP contribution in [-0.4, -0.2) is 48.9 Å². The van der Waals surface area contributed by atoms with Gasteiger partial charge in [0.1, 0.15) is 6.10 Å². The summed E-state index contributed by atoms with van der Waals surface area (Å²) in [6.07, 6.45) is 16.0. The summed E-state index contributed by atoms with van der Waals surface area (Å²) in [6, 6.07) is 0. The van der Waals surface area contributed by atoms with Gasteiger partial charge in [-0.15, -0.1) is 0 Å². The number of unbranched alkanes of at least 4 members (excludes halogenated alkanes) is 15. The van der Waals surface area contributed by atoms with Gasteiger partial charge in [0.15, 0.2) is 5.16 Å². The van der Waals surface area contributed by atoms with Gasteiger partial charge in [-0.25, -0.2) is 0 Å². The fraction of sp³-hybridized carbons (Fsp3) is 0.955. The number of carbonyl (C=O) groups is 1. The Labute approximate surface area is 182 Å². The number of rotatable bonds is 21. The summed E-state index contributed by atoms with van der Waals surface area (Å²) >= 11 is 0. The van der Waals surface area contributed by atoms with Crippen molar-refractivity contribution in [1.82, 2.24) is 0 Å². The fourth-order valence-corrected chi connectivity index (χ4v) is 5.14. The van der Waals surface area contributed by atoms with Crippen LogP contribution in [0.3, 0.4) is 0 Å². The van der Waals surface area contributed by atoms with Crippen LogP contribution in [0.1, 0.15) is 116 Å². The highest BCUT2D eigenvalue weighted by Crippen LogP contribution is 2.55. The van der Waals surface area contributed by atoms with Crippen molar-refractivity contribution in [2.24, 2.45) is 0 Å². The molecule has 0 amide bonds. The van der Waals surface area contributed by atoms with E-state index in [-0.39, 0.29) is 12.8 Å². The normalized spacial score (nSPS) is 15.1. The molecule has 0 saturated carbocycles. The Balaban J connectivity index is 3.81. The monoisotopic (exact) mass is 452 g/mol. The van der Waals surface area contributed by atoms with E-state index in [1.807, 2.05) is 0 Å². The van der Waals surface area contributed by atoms with Crippen LogP contribution in [0.5, 0.6) is 0 Å². The first-order valence-electron chi connectivity index (χ1n) is 11.8. The Hall–Kier alpha value is -0.460. The lowest BCUT2D eigenvalue weighted by atomic mass is 9.94. The minimum Gasteiger partial charge on any atom is -0.480 e. The van der Waals surface area contributed by atoms with Crippen LogP contribution in [0.25, 0.3) is 0 Å². The van der Waals surface area contributed by atoms with E-state index in [4.69, 9.17) is 5.11 Å². The Morgan fingerprint density at radius 1 is 0.767 bits per heavy atom. The third-order valence-electron chi connectivity index (χ3n) is 6.03. The number of carboxylic acids is 1. The zero-order valence-corrected chi connectivity index (χ0v) is 19.7. The predicted octanol–water partition coefficient (Wildman–Crippen LogP) is 4.99. The topological polar surface area (TPSA) is 135 Å². The number of hydrogen-bond acceptors (Lipinski definition) is 4. The second-order valence-electron chi connectivity index (χ2n) is 8.53. The van der Waals surface area contributed by atoms with Gasteiger partial charge < -0.3 is 25.1 Å². The lowest BCUT2D eigenvalue weighted by Gasteiger charge is -2.33. The molecule has 0 aliphatic rings. The highest BCUT2D eigenvalue weighted by Gasteiger charge is 2.58. The van der Waals surface area contributed by atoms with Gasteiger partial charge in [-0.3, -0.25) is 9.36 Å². The first-order chi connectivity index (χ1) is 14.2. The Morgan fingerprint density at radius 3 is 1.37 bits per heavy atom. The molecular weight excluding hydrogens is 407 g/mol. The molecular formula is C22H45O7P. The molecule has 0 aromatic rings. The van der Waals surface area contributed by atoms with Crippen molar-refractivity contribution < 1.29 is 34.5 Å². The minimum absolute atomic E-state index is 0.284. The lowest BCUT2D eigenvalue weighted by Crippen LogP contribution is -2.50. The van der Waals surface area contributed by atoms with Crippen molar-refractivity contribution in [1.29, 1.82) is 0 Å². The quantitative estimate of drug-likeness (QED) is 0.122. The molecule has 0 radical (unpaired) electrons. The van der Waals surface area contributed by atoms with Crippen molar-refractivity contribution >= 4 is 13.6 Å². The Bertz CT molecular complexity index is 480. The molecule has 0 saturated heterocycles. The van der Waals surface area contributed by atoms with E-state index in [9.17, 15) is 29.4 Å². The number of aliphatic hydroxyl groups is 2. The van der Waals surface area contributed by atoms with Crippen molar-refractivity contribution in [3.63, 3.8) is 0 Å². The standard InChI is InChI=1S/C22H45O7P/c1-2-3-4-5-6-7-8-9-10-11-12-13-14-15-16-17-18-22(21(25)26,20(24)19-23)30(27,28)29/h20,23-24H,2-19H2,1H3,(H,25,26)(H2,27,28,29). The van der Waals surface area contributed by atoms with Crippen LogP contribution in [0.15, 0.2) is 0 Å². The summed E-state index contributed by atoms with van der Waals surface area (Å²) in [6.45, 7) is 1.23. The second-order valence-corrected chi connectivity index (χ2v) is 10.4. The first kappa shape index (κ1) is 29.5. The molecule has 0 heterocycles. The summed E-state index contributed by atoms with van der Waals surface area (Å²) in [4.78, 5) is 30.5. The highest BCUT2D eigenvalue weighted by molar-refractivity contribution is 7.54. The molecule has 0 aliphatic carbocycles. The number of aliphatic hydroxyl groups excluding tert-OH is 2. The summed E-state index contributed by atoms with van der Waals surface area (Å²) in [5.41, 5.74) is 0. The third kappa shape index (κ3) is 11.2. The van der Waals surface area contributed by atoms with Gasteiger partial charge in [0.25, 0.3) is 0 Å². The molecule has 0 bridgehead atoms. The van der Waals surface area contributed by atoms with Crippen LogP contribution >= 0.6 is 7.60 Å². The third-order valence-corrected chi connectivity index (χ3v) is 7.78. The van der Waals surface area contributed by atoms with Crippen LogP contribution in [0.4, 0.5) is 0 Å². The Kier molecular flexibility index (Phi) is 16.9. The molecule has 0 rings (SSSR count). The second kappa shape index (κ2) is 17.1. The molecule has 0 spiro atoms. The van der Waals surface area contributed by atoms with E-state index in [2.05, 4.69) is 6.92 Å². The van der Waals surface area contributed by atoms with Gasteiger partial charge in [-0.2, -0.15) is 0 Å². The molecule has 0 aliphatic heterocycles. The van der Waals surface area contributed by atoms with Crippen LogP contribution in [0, 0.1) is 0 Å². The van der Waals surface area contributed by atoms with Crippen molar-refractivity contribution in [3.8, 4) is 0 Å². The van der Waals surface area contributed by atoms with Gasteiger partial charge in [0.05, 0.1) is 6.61 Å². The van der Waals surface area contributed by atoms with E-state index in [0.717, 1.165) is 19.3 Å². The molecule has 180 valence electrons. The molecule has 7 nitrogen and oxygen atoms in total. The van der Waals surface area contributed by atoms with Crippen LogP contribution in [0.2, 0.25) is 0 Å². The molecule has 2 atom stereocenters. The number of aliphatic carboxylic acids is 1. The van der Waals surface area contributed by atoms with Crippen molar-refractivity contribution in [2.75, 3.05) is 6.61 Å². The SMILES string of the molecule is CCCCCCCCCCCCCCCCCCC(C(=O)O)(C(O)CO)P(=O)(O)O. The number of hydrogen-bond donors (Lipinski definition) is 5. The maximum absolute atomic E-state index is 11.7. The first-order valence-corrected chi connectivity index (χ1v) is 13.4. The van der Waals surface area contributed by atoms with E-state index in [1.165, 1.54) is 70.6 Å². The lowest BCUT2D eigenvalue weighted by molar-refractivity contribution is -0.145. The van der Waals surface area contributed by atoms with Gasteiger partial charge in [0.2, 0.25) is 0 Å². The average Bonchev–Trinajstić information content (AvgIpc) is 2.68. The molecule has 30 heavy (non-hydrogen) atoms. The minimum atomic E-state index is -5.13. The fourth-order valence-electron chi connectivity index (χ4n) is 3.97. The number of carboxylic acid groups (broad SMARTS) is 1.